The third-order valence-electron chi connectivity index (χ3n) is 4.05. The number of rotatable bonds is 3. The van der Waals surface area contributed by atoms with E-state index in [1.165, 1.54) is 0 Å². The zero-order valence-corrected chi connectivity index (χ0v) is 11.9. The maximum Gasteiger partial charge on any atom is 0.251 e. The lowest BCUT2D eigenvalue weighted by molar-refractivity contribution is -0.0513. The standard InChI is InChI=1S/C15H19NO5/c1-19-12-4-2-3-10(14(12)17)16-15(18)9-5-6-11-13(7-9)21-8-20-11/h5-7,10,12,14,17H,2-4,8H2,1H3,(H,16,18)/t10-,12-,14-/m1/s1. The van der Waals surface area contributed by atoms with Gasteiger partial charge >= 0.3 is 0 Å². The maximum atomic E-state index is 12.3. The Bertz CT molecular complexity index is 533. The fourth-order valence-corrected chi connectivity index (χ4v) is 2.84. The molecule has 1 amide bonds. The second kappa shape index (κ2) is 5.91. The molecule has 0 saturated heterocycles. The van der Waals surface area contributed by atoms with Gasteiger partial charge < -0.3 is 24.6 Å². The Kier molecular flexibility index (Phi) is 3.98. The molecule has 0 radical (unpaired) electrons. The summed E-state index contributed by atoms with van der Waals surface area (Å²) in [6.45, 7) is 0.178. The van der Waals surface area contributed by atoms with Gasteiger partial charge in [0.1, 0.15) is 6.10 Å². The number of carbonyl (C=O) groups excluding carboxylic acids is 1. The Labute approximate surface area is 123 Å². The van der Waals surface area contributed by atoms with Gasteiger partial charge in [-0.2, -0.15) is 0 Å². The normalized spacial score (nSPS) is 27.4. The minimum atomic E-state index is -0.679. The first-order valence-corrected chi connectivity index (χ1v) is 7.10. The molecule has 3 rings (SSSR count). The number of aliphatic hydroxyl groups is 1. The average molecular weight is 293 g/mol. The highest BCUT2D eigenvalue weighted by Gasteiger charge is 2.33. The van der Waals surface area contributed by atoms with Gasteiger partial charge in [-0.25, -0.2) is 0 Å². The van der Waals surface area contributed by atoms with Crippen LogP contribution in [0, 0.1) is 0 Å². The lowest BCUT2D eigenvalue weighted by Crippen LogP contribution is -2.51. The molecule has 6 nitrogen and oxygen atoms in total. The Morgan fingerprint density at radius 1 is 1.33 bits per heavy atom. The van der Waals surface area contributed by atoms with E-state index in [0.29, 0.717) is 17.1 Å². The van der Waals surface area contributed by atoms with Gasteiger partial charge in [-0.05, 0) is 37.5 Å². The predicted octanol–water partition coefficient (Wildman–Crippen LogP) is 1.07. The van der Waals surface area contributed by atoms with Gasteiger partial charge in [0, 0.05) is 12.7 Å². The number of hydrogen-bond donors (Lipinski definition) is 2. The summed E-state index contributed by atoms with van der Waals surface area (Å²) < 4.78 is 15.7. The Balaban J connectivity index is 1.68. The molecule has 2 aliphatic rings. The van der Waals surface area contributed by atoms with E-state index in [1.807, 2.05) is 0 Å². The highest BCUT2D eigenvalue weighted by Crippen LogP contribution is 2.32. The molecular weight excluding hydrogens is 274 g/mol. The minimum Gasteiger partial charge on any atom is -0.454 e. The SMILES string of the molecule is CO[C@@H]1CCC[C@@H](NC(=O)c2ccc3c(c2)OCO3)[C@H]1O. The van der Waals surface area contributed by atoms with E-state index >= 15 is 0 Å². The predicted molar refractivity (Wildman–Crippen MR) is 74.5 cm³/mol. The highest BCUT2D eigenvalue weighted by molar-refractivity contribution is 5.95. The number of benzene rings is 1. The molecule has 0 aromatic heterocycles. The molecule has 1 aliphatic heterocycles. The third-order valence-corrected chi connectivity index (χ3v) is 4.05. The second-order valence-electron chi connectivity index (χ2n) is 5.34. The molecule has 1 heterocycles. The van der Waals surface area contributed by atoms with Crippen LogP contribution in [0.4, 0.5) is 0 Å². The van der Waals surface area contributed by atoms with Crippen LogP contribution in [0.2, 0.25) is 0 Å². The second-order valence-corrected chi connectivity index (χ2v) is 5.34. The number of nitrogens with one attached hydrogen (secondary N) is 1. The number of hydrogen-bond acceptors (Lipinski definition) is 5. The van der Waals surface area contributed by atoms with Crippen LogP contribution in [0.15, 0.2) is 18.2 Å². The first-order chi connectivity index (χ1) is 10.2. The number of ether oxygens (including phenoxy) is 3. The zero-order chi connectivity index (χ0) is 14.8. The van der Waals surface area contributed by atoms with Crippen molar-refractivity contribution in [3.05, 3.63) is 23.8 Å². The number of methoxy groups -OCH3 is 1. The van der Waals surface area contributed by atoms with Gasteiger partial charge in [-0.15, -0.1) is 0 Å². The molecule has 1 fully saturated rings. The molecule has 1 aliphatic carbocycles. The summed E-state index contributed by atoms with van der Waals surface area (Å²) in [4.78, 5) is 12.3. The average Bonchev–Trinajstić information content (AvgIpc) is 2.96. The van der Waals surface area contributed by atoms with E-state index in [4.69, 9.17) is 14.2 Å². The van der Waals surface area contributed by atoms with Gasteiger partial charge in [0.15, 0.2) is 11.5 Å². The van der Waals surface area contributed by atoms with Crippen molar-refractivity contribution in [3.63, 3.8) is 0 Å². The molecule has 1 saturated carbocycles. The van der Waals surface area contributed by atoms with Crippen molar-refractivity contribution in [2.45, 2.75) is 37.5 Å². The topological polar surface area (TPSA) is 77.0 Å². The quantitative estimate of drug-likeness (QED) is 0.872. The molecule has 1 aromatic carbocycles. The van der Waals surface area contributed by atoms with E-state index in [9.17, 15) is 9.90 Å². The third kappa shape index (κ3) is 2.82. The van der Waals surface area contributed by atoms with Crippen LogP contribution < -0.4 is 14.8 Å². The fourth-order valence-electron chi connectivity index (χ4n) is 2.84. The summed E-state index contributed by atoms with van der Waals surface area (Å²) in [5.41, 5.74) is 0.492. The summed E-state index contributed by atoms with van der Waals surface area (Å²) in [6.07, 6.45) is 1.58. The highest BCUT2D eigenvalue weighted by atomic mass is 16.7. The van der Waals surface area contributed by atoms with Crippen LogP contribution in [0.3, 0.4) is 0 Å². The van der Waals surface area contributed by atoms with Crippen molar-refractivity contribution in [2.24, 2.45) is 0 Å². The number of carbonyl (C=O) groups is 1. The van der Waals surface area contributed by atoms with Crippen LogP contribution in [0.25, 0.3) is 0 Å². The molecular formula is C15H19NO5. The molecule has 6 heteroatoms. The van der Waals surface area contributed by atoms with Crippen molar-refractivity contribution in [1.82, 2.24) is 5.32 Å². The summed E-state index contributed by atoms with van der Waals surface area (Å²) in [5.74, 6) is 0.986. The van der Waals surface area contributed by atoms with E-state index in [0.717, 1.165) is 19.3 Å². The number of amides is 1. The van der Waals surface area contributed by atoms with E-state index in [-0.39, 0.29) is 24.8 Å². The summed E-state index contributed by atoms with van der Waals surface area (Å²) >= 11 is 0. The molecule has 2 N–H and O–H groups in total. The van der Waals surface area contributed by atoms with E-state index < -0.39 is 6.10 Å². The van der Waals surface area contributed by atoms with Crippen LogP contribution in [-0.4, -0.2) is 43.2 Å². The van der Waals surface area contributed by atoms with Gasteiger partial charge in [0.25, 0.3) is 5.91 Å². The first-order valence-electron chi connectivity index (χ1n) is 7.10. The molecule has 0 bridgehead atoms. The van der Waals surface area contributed by atoms with Gasteiger partial charge in [0.2, 0.25) is 6.79 Å². The minimum absolute atomic E-state index is 0.178. The Morgan fingerprint density at radius 3 is 2.95 bits per heavy atom. The number of aliphatic hydroxyl groups excluding tert-OH is 1. The van der Waals surface area contributed by atoms with Crippen molar-refractivity contribution < 1.29 is 24.1 Å². The molecule has 0 unspecified atom stereocenters. The lowest BCUT2D eigenvalue weighted by Gasteiger charge is -2.34. The van der Waals surface area contributed by atoms with Crippen molar-refractivity contribution >= 4 is 5.91 Å². The molecule has 21 heavy (non-hydrogen) atoms. The number of fused-ring (bicyclic) bond motifs is 1. The molecule has 0 spiro atoms. The molecule has 1 aromatic rings. The van der Waals surface area contributed by atoms with Gasteiger partial charge in [-0.3, -0.25) is 4.79 Å². The summed E-state index contributed by atoms with van der Waals surface area (Å²) in [6, 6.07) is 4.76. The van der Waals surface area contributed by atoms with Crippen LogP contribution in [0.5, 0.6) is 11.5 Å². The monoisotopic (exact) mass is 293 g/mol. The van der Waals surface area contributed by atoms with Gasteiger partial charge in [-0.1, -0.05) is 0 Å². The van der Waals surface area contributed by atoms with E-state index in [2.05, 4.69) is 5.32 Å². The summed E-state index contributed by atoms with van der Waals surface area (Å²) in [7, 11) is 1.58. The first kappa shape index (κ1) is 14.2. The van der Waals surface area contributed by atoms with Crippen LogP contribution in [0.1, 0.15) is 29.6 Å². The molecule has 3 atom stereocenters. The van der Waals surface area contributed by atoms with Crippen molar-refractivity contribution in [1.29, 1.82) is 0 Å². The molecule has 114 valence electrons. The van der Waals surface area contributed by atoms with Crippen molar-refractivity contribution in [3.8, 4) is 11.5 Å². The van der Waals surface area contributed by atoms with Crippen LogP contribution >= 0.6 is 0 Å². The van der Waals surface area contributed by atoms with E-state index in [1.54, 1.807) is 25.3 Å². The lowest BCUT2D eigenvalue weighted by atomic mass is 9.89. The largest absolute Gasteiger partial charge is 0.454 e. The summed E-state index contributed by atoms with van der Waals surface area (Å²) in [5, 5.41) is 13.1. The van der Waals surface area contributed by atoms with Crippen molar-refractivity contribution in [2.75, 3.05) is 13.9 Å². The van der Waals surface area contributed by atoms with Gasteiger partial charge in [0.05, 0.1) is 12.1 Å². The Morgan fingerprint density at radius 2 is 2.14 bits per heavy atom. The fraction of sp³-hybridized carbons (Fsp3) is 0.533. The zero-order valence-electron chi connectivity index (χ0n) is 11.9. The van der Waals surface area contributed by atoms with Crippen LogP contribution in [-0.2, 0) is 4.74 Å². The smallest absolute Gasteiger partial charge is 0.251 e. The Hall–Kier alpha value is -1.79. The maximum absolute atomic E-state index is 12.3.